The Morgan fingerprint density at radius 1 is 1.28 bits per heavy atom. The second-order valence-corrected chi connectivity index (χ2v) is 7.22. The third kappa shape index (κ3) is 8.28. The van der Waals surface area contributed by atoms with E-state index in [1.807, 2.05) is 29.8 Å². The van der Waals surface area contributed by atoms with E-state index < -0.39 is 0 Å². The number of nitrogens with zero attached hydrogens (tertiary/aromatic N) is 2. The van der Waals surface area contributed by atoms with Crippen molar-refractivity contribution in [3.05, 3.63) is 41.4 Å². The lowest BCUT2D eigenvalue weighted by molar-refractivity contribution is 0.409. The molecule has 2 N–H and O–H groups in total. The molecular formula is C17H25IN4OS2. The zero-order valence-corrected chi connectivity index (χ0v) is 18.5. The van der Waals surface area contributed by atoms with Crippen LogP contribution in [0.5, 0.6) is 5.75 Å². The van der Waals surface area contributed by atoms with E-state index in [2.05, 4.69) is 26.7 Å². The maximum absolute atomic E-state index is 5.37. The summed E-state index contributed by atoms with van der Waals surface area (Å²) in [6, 6.07) is 8.10. The highest BCUT2D eigenvalue weighted by atomic mass is 127. The fourth-order valence-corrected chi connectivity index (χ4v) is 3.81. The molecule has 1 aromatic carbocycles. The molecule has 0 fully saturated rings. The monoisotopic (exact) mass is 492 g/mol. The minimum Gasteiger partial charge on any atom is -0.496 e. The molecule has 138 valence electrons. The number of aromatic nitrogens is 1. The highest BCUT2D eigenvalue weighted by Gasteiger charge is 2.02. The second-order valence-electron chi connectivity index (χ2n) is 4.99. The largest absolute Gasteiger partial charge is 0.496 e. The molecule has 0 spiro atoms. The lowest BCUT2D eigenvalue weighted by atomic mass is 10.1. The Balaban J connectivity index is 0.00000312. The maximum Gasteiger partial charge on any atom is 0.190 e. The van der Waals surface area contributed by atoms with Gasteiger partial charge in [0.15, 0.2) is 5.96 Å². The third-order valence-corrected chi connectivity index (χ3v) is 5.40. The van der Waals surface area contributed by atoms with E-state index in [-0.39, 0.29) is 24.0 Å². The average Bonchev–Trinajstić information content (AvgIpc) is 3.13. The number of benzene rings is 1. The number of para-hydroxylation sites is 1. The van der Waals surface area contributed by atoms with Crippen LogP contribution in [0.3, 0.4) is 0 Å². The van der Waals surface area contributed by atoms with Crippen molar-refractivity contribution in [3.63, 3.8) is 0 Å². The van der Waals surface area contributed by atoms with Crippen molar-refractivity contribution in [1.29, 1.82) is 0 Å². The molecule has 0 bridgehead atoms. The van der Waals surface area contributed by atoms with Gasteiger partial charge in [0.1, 0.15) is 10.1 Å². The van der Waals surface area contributed by atoms with E-state index >= 15 is 0 Å². The van der Waals surface area contributed by atoms with E-state index in [0.29, 0.717) is 0 Å². The smallest absolute Gasteiger partial charge is 0.190 e. The fraction of sp³-hybridized carbons (Fsp3) is 0.412. The molecule has 0 saturated heterocycles. The van der Waals surface area contributed by atoms with Crippen LogP contribution in [0.1, 0.15) is 12.0 Å². The summed E-state index contributed by atoms with van der Waals surface area (Å²) in [4.78, 5) is 8.52. The maximum atomic E-state index is 5.37. The molecule has 2 rings (SSSR count). The quantitative estimate of drug-likeness (QED) is 0.184. The molecule has 1 aromatic heterocycles. The molecular weight excluding hydrogens is 467 g/mol. The van der Waals surface area contributed by atoms with Gasteiger partial charge in [0.2, 0.25) is 0 Å². The predicted molar refractivity (Wildman–Crippen MR) is 119 cm³/mol. The normalized spacial score (nSPS) is 10.9. The van der Waals surface area contributed by atoms with Gasteiger partial charge in [-0.1, -0.05) is 30.0 Å². The Labute approximate surface area is 175 Å². The number of guanidine groups is 1. The van der Waals surface area contributed by atoms with Crippen LogP contribution < -0.4 is 15.4 Å². The summed E-state index contributed by atoms with van der Waals surface area (Å²) in [6.07, 6.45) is 3.81. The van der Waals surface area contributed by atoms with Crippen LogP contribution in [-0.4, -0.2) is 43.9 Å². The van der Waals surface area contributed by atoms with E-state index in [4.69, 9.17) is 4.74 Å². The van der Waals surface area contributed by atoms with E-state index in [9.17, 15) is 0 Å². The van der Waals surface area contributed by atoms with Crippen molar-refractivity contribution in [2.75, 3.05) is 33.0 Å². The Morgan fingerprint density at radius 2 is 2.08 bits per heavy atom. The molecule has 0 unspecified atom stereocenters. The number of halogens is 1. The molecule has 0 atom stereocenters. The molecule has 0 aliphatic rings. The van der Waals surface area contributed by atoms with Gasteiger partial charge in [-0.25, -0.2) is 4.98 Å². The van der Waals surface area contributed by atoms with Crippen molar-refractivity contribution in [2.45, 2.75) is 17.2 Å². The zero-order chi connectivity index (χ0) is 17.0. The first-order chi connectivity index (χ1) is 11.8. The molecule has 0 radical (unpaired) electrons. The van der Waals surface area contributed by atoms with Gasteiger partial charge in [-0.3, -0.25) is 4.99 Å². The van der Waals surface area contributed by atoms with E-state index in [1.54, 1.807) is 37.3 Å². The van der Waals surface area contributed by atoms with Gasteiger partial charge in [-0.05, 0) is 24.5 Å². The first-order valence-corrected chi connectivity index (χ1v) is 9.78. The van der Waals surface area contributed by atoms with Crippen LogP contribution in [-0.2, 0) is 6.42 Å². The van der Waals surface area contributed by atoms with Gasteiger partial charge < -0.3 is 15.4 Å². The van der Waals surface area contributed by atoms with Crippen molar-refractivity contribution < 1.29 is 4.74 Å². The van der Waals surface area contributed by atoms with E-state index in [0.717, 1.165) is 47.7 Å². The number of hydrogen-bond donors (Lipinski definition) is 2. The SMILES string of the molecule is CN=C(NCCCSc1nccs1)NCCc1ccccc1OC.I. The summed E-state index contributed by atoms with van der Waals surface area (Å²) in [5, 5.41) is 8.69. The Morgan fingerprint density at radius 3 is 2.80 bits per heavy atom. The zero-order valence-electron chi connectivity index (χ0n) is 14.5. The number of rotatable bonds is 9. The van der Waals surface area contributed by atoms with Gasteiger partial charge >= 0.3 is 0 Å². The first-order valence-electron chi connectivity index (χ1n) is 7.92. The predicted octanol–water partition coefficient (Wildman–Crippen LogP) is 3.66. The number of methoxy groups -OCH3 is 1. The van der Waals surface area contributed by atoms with Crippen LogP contribution in [0.2, 0.25) is 0 Å². The highest BCUT2D eigenvalue weighted by Crippen LogP contribution is 2.20. The van der Waals surface area contributed by atoms with Crippen molar-refractivity contribution >= 4 is 53.0 Å². The number of aliphatic imine (C=N–C) groups is 1. The Kier molecular flexibility index (Phi) is 11.7. The topological polar surface area (TPSA) is 58.5 Å². The number of ether oxygens (including phenoxy) is 1. The number of hydrogen-bond acceptors (Lipinski definition) is 5. The van der Waals surface area contributed by atoms with Gasteiger partial charge in [0.05, 0.1) is 7.11 Å². The lowest BCUT2D eigenvalue weighted by Gasteiger charge is -2.13. The van der Waals surface area contributed by atoms with Crippen molar-refractivity contribution in [3.8, 4) is 5.75 Å². The lowest BCUT2D eigenvalue weighted by Crippen LogP contribution is -2.38. The summed E-state index contributed by atoms with van der Waals surface area (Å²) < 4.78 is 6.51. The molecule has 0 saturated carbocycles. The number of nitrogens with one attached hydrogen (secondary N) is 2. The number of thiazole rings is 1. The summed E-state index contributed by atoms with van der Waals surface area (Å²) in [7, 11) is 3.50. The summed E-state index contributed by atoms with van der Waals surface area (Å²) in [6.45, 7) is 1.71. The van der Waals surface area contributed by atoms with Crippen molar-refractivity contribution in [1.82, 2.24) is 15.6 Å². The highest BCUT2D eigenvalue weighted by molar-refractivity contribution is 14.0. The molecule has 2 aromatic rings. The Bertz CT molecular complexity index is 623. The van der Waals surface area contributed by atoms with Gasteiger partial charge in [-0.2, -0.15) is 0 Å². The van der Waals surface area contributed by atoms with Crippen LogP contribution in [0.4, 0.5) is 0 Å². The molecule has 0 amide bonds. The van der Waals surface area contributed by atoms with Crippen LogP contribution >= 0.6 is 47.1 Å². The van der Waals surface area contributed by atoms with E-state index in [1.165, 1.54) is 5.56 Å². The van der Waals surface area contributed by atoms with Crippen molar-refractivity contribution in [2.24, 2.45) is 4.99 Å². The molecule has 1 heterocycles. The molecule has 0 aliphatic carbocycles. The molecule has 0 aliphatic heterocycles. The fourth-order valence-electron chi connectivity index (χ4n) is 2.17. The minimum atomic E-state index is 0. The van der Waals surface area contributed by atoms with Crippen LogP contribution in [0, 0.1) is 0 Å². The average molecular weight is 492 g/mol. The van der Waals surface area contributed by atoms with Crippen LogP contribution in [0.15, 0.2) is 45.2 Å². The van der Waals surface area contributed by atoms with Crippen LogP contribution in [0.25, 0.3) is 0 Å². The van der Waals surface area contributed by atoms with Gasteiger partial charge in [0, 0.05) is 37.5 Å². The standard InChI is InChI=1S/C17H24N4OS2.HI/c1-18-16(19-9-5-12-23-17-21-11-13-24-17)20-10-8-14-6-3-4-7-15(14)22-2;/h3-4,6-7,11,13H,5,8-10,12H2,1-2H3,(H2,18,19,20);1H. The summed E-state index contributed by atoms with van der Waals surface area (Å²) in [5.74, 6) is 2.82. The Hall–Kier alpha value is -1.000. The first kappa shape index (κ1) is 22.0. The molecule has 5 nitrogen and oxygen atoms in total. The van der Waals surface area contributed by atoms with Gasteiger partial charge in [0.25, 0.3) is 0 Å². The molecule has 25 heavy (non-hydrogen) atoms. The summed E-state index contributed by atoms with van der Waals surface area (Å²) >= 11 is 3.49. The third-order valence-electron chi connectivity index (χ3n) is 3.35. The number of thioether (sulfide) groups is 1. The van der Waals surface area contributed by atoms with Gasteiger partial charge in [-0.15, -0.1) is 35.3 Å². The second kappa shape index (κ2) is 13.2. The minimum absolute atomic E-state index is 0. The summed E-state index contributed by atoms with van der Waals surface area (Å²) in [5.41, 5.74) is 1.20. The molecule has 8 heteroatoms.